The molecule has 1 aromatic heterocycles. The first-order chi connectivity index (χ1) is 13.5. The van der Waals surface area contributed by atoms with Crippen molar-refractivity contribution in [1.82, 2.24) is 9.78 Å². The number of hydrogen-bond donors (Lipinski definition) is 1. The maximum atomic E-state index is 12.9. The van der Waals surface area contributed by atoms with Crippen LogP contribution in [0.4, 0.5) is 5.82 Å². The lowest BCUT2D eigenvalue weighted by molar-refractivity contribution is 0.102. The molecule has 146 valence electrons. The summed E-state index contributed by atoms with van der Waals surface area (Å²) in [6.45, 7) is 2.43. The normalized spacial score (nSPS) is 10.4. The van der Waals surface area contributed by atoms with Gasteiger partial charge in [0.05, 0.1) is 39.1 Å². The average Bonchev–Trinajstić information content (AvgIpc) is 3.05. The summed E-state index contributed by atoms with van der Waals surface area (Å²) in [4.78, 5) is 12.9. The maximum absolute atomic E-state index is 12.9. The lowest BCUT2D eigenvalue weighted by Gasteiger charge is -2.14. The first-order valence-electron chi connectivity index (χ1n) is 8.75. The van der Waals surface area contributed by atoms with E-state index >= 15 is 0 Å². The molecule has 0 aliphatic heterocycles. The molecule has 2 aromatic carbocycles. The number of amides is 1. The van der Waals surface area contributed by atoms with E-state index in [9.17, 15) is 4.79 Å². The summed E-state index contributed by atoms with van der Waals surface area (Å²) < 4.78 is 17.7. The largest absolute Gasteiger partial charge is 0.496 e. The predicted octanol–water partition coefficient (Wildman–Crippen LogP) is 3.52. The number of aromatic nitrogens is 2. The zero-order chi connectivity index (χ0) is 20.1. The molecule has 0 saturated carbocycles. The summed E-state index contributed by atoms with van der Waals surface area (Å²) in [6.07, 6.45) is 0. The van der Waals surface area contributed by atoms with Gasteiger partial charge in [0.1, 0.15) is 11.6 Å². The van der Waals surface area contributed by atoms with E-state index in [1.807, 2.05) is 43.3 Å². The molecule has 3 aromatic rings. The Bertz CT molecular complexity index is 967. The van der Waals surface area contributed by atoms with Crippen LogP contribution in [0.15, 0.2) is 48.5 Å². The van der Waals surface area contributed by atoms with E-state index in [0.29, 0.717) is 35.2 Å². The number of benzene rings is 2. The Morgan fingerprint density at radius 1 is 0.964 bits per heavy atom. The second kappa shape index (κ2) is 8.47. The highest BCUT2D eigenvalue weighted by Gasteiger charge is 2.19. The quantitative estimate of drug-likeness (QED) is 0.678. The monoisotopic (exact) mass is 381 g/mol. The number of methoxy groups -OCH3 is 3. The Hall–Kier alpha value is -3.48. The molecule has 0 unspecified atom stereocenters. The fraction of sp³-hybridized carbons (Fsp3) is 0.238. The number of rotatable bonds is 7. The number of ether oxygens (including phenoxy) is 3. The molecule has 28 heavy (non-hydrogen) atoms. The topological polar surface area (TPSA) is 74.6 Å². The van der Waals surface area contributed by atoms with Crippen molar-refractivity contribution in [2.24, 2.45) is 0 Å². The van der Waals surface area contributed by atoms with E-state index in [2.05, 4.69) is 10.4 Å². The van der Waals surface area contributed by atoms with Gasteiger partial charge < -0.3 is 19.5 Å². The summed E-state index contributed by atoms with van der Waals surface area (Å²) in [6, 6.07) is 15.0. The SMILES string of the molecule is COc1cc(OC)c(C(=O)Nc2cc(C)nn2Cc2ccccc2)cc1OC. The third-order valence-electron chi connectivity index (χ3n) is 4.27. The molecule has 3 rings (SSSR count). The van der Waals surface area contributed by atoms with Crippen LogP contribution < -0.4 is 19.5 Å². The van der Waals surface area contributed by atoms with Gasteiger partial charge in [0.15, 0.2) is 11.5 Å². The van der Waals surface area contributed by atoms with E-state index in [0.717, 1.165) is 11.3 Å². The van der Waals surface area contributed by atoms with Gasteiger partial charge >= 0.3 is 0 Å². The molecule has 0 bridgehead atoms. The summed E-state index contributed by atoms with van der Waals surface area (Å²) in [5.74, 6) is 1.60. The second-order valence-electron chi connectivity index (χ2n) is 6.18. The molecular weight excluding hydrogens is 358 g/mol. The highest BCUT2D eigenvalue weighted by Crippen LogP contribution is 2.35. The molecule has 0 saturated heterocycles. The fourth-order valence-electron chi connectivity index (χ4n) is 2.91. The molecule has 0 atom stereocenters. The molecule has 0 fully saturated rings. The Morgan fingerprint density at radius 3 is 2.25 bits per heavy atom. The number of hydrogen-bond acceptors (Lipinski definition) is 5. The van der Waals surface area contributed by atoms with E-state index in [-0.39, 0.29) is 5.91 Å². The van der Waals surface area contributed by atoms with Gasteiger partial charge in [-0.2, -0.15) is 5.10 Å². The highest BCUT2D eigenvalue weighted by molar-refractivity contribution is 6.06. The Morgan fingerprint density at radius 2 is 1.61 bits per heavy atom. The van der Waals surface area contributed by atoms with Crippen molar-refractivity contribution in [1.29, 1.82) is 0 Å². The summed E-state index contributed by atoms with van der Waals surface area (Å²) >= 11 is 0. The smallest absolute Gasteiger partial charge is 0.260 e. The second-order valence-corrected chi connectivity index (χ2v) is 6.18. The third kappa shape index (κ3) is 4.09. The third-order valence-corrected chi connectivity index (χ3v) is 4.27. The van der Waals surface area contributed by atoms with Crippen molar-refractivity contribution in [2.45, 2.75) is 13.5 Å². The Labute approximate surface area is 163 Å². The minimum Gasteiger partial charge on any atom is -0.496 e. The molecule has 7 heteroatoms. The molecule has 0 aliphatic rings. The summed E-state index contributed by atoms with van der Waals surface area (Å²) in [5, 5.41) is 7.40. The molecule has 1 heterocycles. The number of carbonyl (C=O) groups is 1. The van der Waals surface area contributed by atoms with Crippen LogP contribution in [0.3, 0.4) is 0 Å². The summed E-state index contributed by atoms with van der Waals surface area (Å²) in [5.41, 5.74) is 2.24. The zero-order valence-electron chi connectivity index (χ0n) is 16.4. The first-order valence-corrected chi connectivity index (χ1v) is 8.75. The van der Waals surface area contributed by atoms with E-state index in [1.165, 1.54) is 21.3 Å². The van der Waals surface area contributed by atoms with Crippen LogP contribution in [0.5, 0.6) is 17.2 Å². The minimum absolute atomic E-state index is 0.327. The lowest BCUT2D eigenvalue weighted by atomic mass is 10.1. The van der Waals surface area contributed by atoms with Crippen molar-refractivity contribution in [2.75, 3.05) is 26.6 Å². The number of aryl methyl sites for hydroxylation is 1. The van der Waals surface area contributed by atoms with E-state index in [1.54, 1.807) is 16.8 Å². The van der Waals surface area contributed by atoms with Gasteiger partial charge in [-0.15, -0.1) is 0 Å². The standard InChI is InChI=1S/C21H23N3O4/c1-14-10-20(24(23-14)13-15-8-6-5-7-9-15)22-21(25)16-11-18(27-3)19(28-4)12-17(16)26-2/h5-12H,13H2,1-4H3,(H,22,25). The van der Waals surface area contributed by atoms with Crippen LogP contribution in [-0.4, -0.2) is 37.0 Å². The van der Waals surface area contributed by atoms with Crippen LogP contribution in [-0.2, 0) is 6.54 Å². The Balaban J connectivity index is 1.89. The van der Waals surface area contributed by atoms with Crippen molar-refractivity contribution in [3.05, 3.63) is 65.4 Å². The zero-order valence-corrected chi connectivity index (χ0v) is 16.4. The molecule has 0 spiro atoms. The van der Waals surface area contributed by atoms with Crippen molar-refractivity contribution in [3.63, 3.8) is 0 Å². The van der Waals surface area contributed by atoms with Crippen molar-refractivity contribution < 1.29 is 19.0 Å². The minimum atomic E-state index is -0.327. The molecule has 0 aliphatic carbocycles. The van der Waals surface area contributed by atoms with Gasteiger partial charge in [-0.3, -0.25) is 4.79 Å². The number of anilines is 1. The molecule has 7 nitrogen and oxygen atoms in total. The molecule has 0 radical (unpaired) electrons. The van der Waals surface area contributed by atoms with E-state index in [4.69, 9.17) is 14.2 Å². The van der Waals surface area contributed by atoms with Gasteiger partial charge in [-0.05, 0) is 12.5 Å². The van der Waals surface area contributed by atoms with Gasteiger partial charge in [0.25, 0.3) is 5.91 Å². The number of nitrogens with one attached hydrogen (secondary N) is 1. The maximum Gasteiger partial charge on any atom is 0.260 e. The number of carbonyl (C=O) groups excluding carboxylic acids is 1. The van der Waals surface area contributed by atoms with Crippen LogP contribution in [0.25, 0.3) is 0 Å². The van der Waals surface area contributed by atoms with Crippen LogP contribution in [0.1, 0.15) is 21.6 Å². The predicted molar refractivity (Wildman–Crippen MR) is 107 cm³/mol. The molecular formula is C21H23N3O4. The van der Waals surface area contributed by atoms with E-state index < -0.39 is 0 Å². The van der Waals surface area contributed by atoms with Crippen molar-refractivity contribution >= 4 is 11.7 Å². The average molecular weight is 381 g/mol. The van der Waals surface area contributed by atoms with Gasteiger partial charge in [-0.1, -0.05) is 30.3 Å². The fourth-order valence-corrected chi connectivity index (χ4v) is 2.91. The van der Waals surface area contributed by atoms with Crippen LogP contribution in [0, 0.1) is 6.92 Å². The van der Waals surface area contributed by atoms with Crippen LogP contribution >= 0.6 is 0 Å². The van der Waals surface area contributed by atoms with Crippen LogP contribution in [0.2, 0.25) is 0 Å². The Kier molecular flexibility index (Phi) is 5.84. The summed E-state index contributed by atoms with van der Waals surface area (Å²) in [7, 11) is 4.55. The molecule has 1 amide bonds. The lowest BCUT2D eigenvalue weighted by Crippen LogP contribution is -2.17. The van der Waals surface area contributed by atoms with Gasteiger partial charge in [0, 0.05) is 18.2 Å². The van der Waals surface area contributed by atoms with Gasteiger partial charge in [-0.25, -0.2) is 4.68 Å². The highest BCUT2D eigenvalue weighted by atomic mass is 16.5. The van der Waals surface area contributed by atoms with Crippen molar-refractivity contribution in [3.8, 4) is 17.2 Å². The number of nitrogens with zero attached hydrogens (tertiary/aromatic N) is 2. The first kappa shape index (κ1) is 19.3. The molecule has 1 N–H and O–H groups in total. The van der Waals surface area contributed by atoms with Gasteiger partial charge in [0.2, 0.25) is 0 Å².